The van der Waals surface area contributed by atoms with E-state index in [1.807, 2.05) is 6.92 Å². The van der Waals surface area contributed by atoms with Crippen molar-refractivity contribution in [2.24, 2.45) is 5.73 Å². The first-order valence-corrected chi connectivity index (χ1v) is 7.58. The van der Waals surface area contributed by atoms with Crippen LogP contribution < -0.4 is 16.0 Å². The Morgan fingerprint density at radius 3 is 3.05 bits per heavy atom. The van der Waals surface area contributed by atoms with Crippen molar-refractivity contribution in [3.63, 3.8) is 0 Å². The van der Waals surface area contributed by atoms with Crippen molar-refractivity contribution in [2.45, 2.75) is 38.6 Å². The third kappa shape index (κ3) is 3.73. The van der Waals surface area contributed by atoms with E-state index in [2.05, 4.69) is 34.5 Å². The number of nitrogens with one attached hydrogen (secondary N) is 1. The monoisotopic (exact) mass is 275 g/mol. The van der Waals surface area contributed by atoms with E-state index in [9.17, 15) is 4.79 Å². The van der Waals surface area contributed by atoms with E-state index in [4.69, 9.17) is 5.73 Å². The van der Waals surface area contributed by atoms with Crippen LogP contribution >= 0.6 is 0 Å². The fourth-order valence-corrected chi connectivity index (χ4v) is 2.69. The number of carbonyl (C=O) groups is 1. The smallest absolute Gasteiger partial charge is 0.236 e. The Morgan fingerprint density at radius 2 is 2.25 bits per heavy atom. The molecule has 110 valence electrons. The van der Waals surface area contributed by atoms with Gasteiger partial charge in [-0.1, -0.05) is 31.5 Å². The van der Waals surface area contributed by atoms with Crippen LogP contribution in [0, 0.1) is 0 Å². The second-order valence-electron chi connectivity index (χ2n) is 5.41. The minimum Gasteiger partial charge on any atom is -0.371 e. The average Bonchev–Trinajstić information content (AvgIpc) is 2.87. The van der Waals surface area contributed by atoms with Crippen LogP contribution in [0.2, 0.25) is 0 Å². The van der Waals surface area contributed by atoms with Crippen LogP contribution in [0.4, 0.5) is 5.69 Å². The van der Waals surface area contributed by atoms with Gasteiger partial charge in [-0.2, -0.15) is 0 Å². The molecule has 2 rings (SSSR count). The fourth-order valence-electron chi connectivity index (χ4n) is 2.69. The van der Waals surface area contributed by atoms with Crippen LogP contribution in [0.15, 0.2) is 24.3 Å². The Balaban J connectivity index is 1.69. The molecule has 0 fully saturated rings. The molecule has 1 heterocycles. The normalized spacial score (nSPS) is 15.0. The molecule has 0 spiro atoms. The van der Waals surface area contributed by atoms with Gasteiger partial charge in [0.15, 0.2) is 0 Å². The van der Waals surface area contributed by atoms with Crippen molar-refractivity contribution in [1.82, 2.24) is 5.32 Å². The Labute approximate surface area is 121 Å². The van der Waals surface area contributed by atoms with E-state index in [0.29, 0.717) is 6.54 Å². The minimum absolute atomic E-state index is 0.0197. The highest BCUT2D eigenvalue weighted by atomic mass is 16.2. The van der Waals surface area contributed by atoms with E-state index < -0.39 is 0 Å². The summed E-state index contributed by atoms with van der Waals surface area (Å²) in [7, 11) is 0. The topological polar surface area (TPSA) is 58.4 Å². The molecule has 1 aromatic carbocycles. The third-order valence-electron chi connectivity index (χ3n) is 3.82. The lowest BCUT2D eigenvalue weighted by molar-refractivity contribution is -0.122. The third-order valence-corrected chi connectivity index (χ3v) is 3.82. The van der Waals surface area contributed by atoms with Crippen LogP contribution in [0.25, 0.3) is 0 Å². The van der Waals surface area contributed by atoms with Gasteiger partial charge in [-0.3, -0.25) is 4.79 Å². The SMILES string of the molecule is CCCC(N)C(=O)NCCCN1CCc2ccccc21. The van der Waals surface area contributed by atoms with Crippen LogP contribution in [0.3, 0.4) is 0 Å². The molecular weight excluding hydrogens is 250 g/mol. The first-order chi connectivity index (χ1) is 9.72. The van der Waals surface area contributed by atoms with E-state index in [1.165, 1.54) is 11.3 Å². The van der Waals surface area contributed by atoms with Crippen molar-refractivity contribution >= 4 is 11.6 Å². The summed E-state index contributed by atoms with van der Waals surface area (Å²) in [5.41, 5.74) is 8.55. The van der Waals surface area contributed by atoms with Gasteiger partial charge in [0, 0.05) is 25.3 Å². The van der Waals surface area contributed by atoms with Crippen molar-refractivity contribution in [2.75, 3.05) is 24.5 Å². The molecule has 1 atom stereocenters. The number of nitrogens with two attached hydrogens (primary N) is 1. The summed E-state index contributed by atoms with van der Waals surface area (Å²) in [6, 6.07) is 8.20. The lowest BCUT2D eigenvalue weighted by atomic mass is 10.1. The molecule has 1 amide bonds. The molecule has 0 aliphatic carbocycles. The maximum Gasteiger partial charge on any atom is 0.236 e. The zero-order chi connectivity index (χ0) is 14.4. The standard InChI is InChI=1S/C16H25N3O/c1-2-6-14(17)16(20)18-10-5-11-19-12-9-13-7-3-4-8-15(13)19/h3-4,7-8,14H,2,5-6,9-12,17H2,1H3,(H,18,20). The lowest BCUT2D eigenvalue weighted by Crippen LogP contribution is -2.41. The van der Waals surface area contributed by atoms with Gasteiger partial charge in [0.2, 0.25) is 5.91 Å². The van der Waals surface area contributed by atoms with Gasteiger partial charge in [-0.25, -0.2) is 0 Å². The molecule has 20 heavy (non-hydrogen) atoms. The van der Waals surface area contributed by atoms with E-state index >= 15 is 0 Å². The number of rotatable bonds is 7. The van der Waals surface area contributed by atoms with E-state index in [0.717, 1.165) is 38.8 Å². The van der Waals surface area contributed by atoms with Crippen molar-refractivity contribution in [3.05, 3.63) is 29.8 Å². The summed E-state index contributed by atoms with van der Waals surface area (Å²) in [4.78, 5) is 14.1. The Bertz CT molecular complexity index is 447. The summed E-state index contributed by atoms with van der Waals surface area (Å²) in [5.74, 6) is -0.0197. The molecule has 0 aromatic heterocycles. The van der Waals surface area contributed by atoms with Crippen LogP contribution in [-0.4, -0.2) is 31.6 Å². The molecule has 3 N–H and O–H groups in total. The van der Waals surface area contributed by atoms with E-state index in [1.54, 1.807) is 0 Å². The quantitative estimate of drug-likeness (QED) is 0.744. The molecule has 0 bridgehead atoms. The predicted octanol–water partition coefficient (Wildman–Crippen LogP) is 1.68. The molecule has 0 saturated heterocycles. The van der Waals surface area contributed by atoms with Crippen molar-refractivity contribution in [1.29, 1.82) is 0 Å². The van der Waals surface area contributed by atoms with Gasteiger partial charge >= 0.3 is 0 Å². The van der Waals surface area contributed by atoms with Gasteiger partial charge in [-0.15, -0.1) is 0 Å². The first-order valence-electron chi connectivity index (χ1n) is 7.58. The molecular formula is C16H25N3O. The number of hydrogen-bond donors (Lipinski definition) is 2. The number of carbonyl (C=O) groups excluding carboxylic acids is 1. The average molecular weight is 275 g/mol. The Hall–Kier alpha value is -1.55. The molecule has 0 saturated carbocycles. The lowest BCUT2D eigenvalue weighted by Gasteiger charge is -2.19. The van der Waals surface area contributed by atoms with Gasteiger partial charge < -0.3 is 16.0 Å². The molecule has 1 unspecified atom stereocenters. The summed E-state index contributed by atoms with van der Waals surface area (Å²) in [5, 5.41) is 2.92. The highest BCUT2D eigenvalue weighted by Crippen LogP contribution is 2.27. The van der Waals surface area contributed by atoms with Crippen molar-refractivity contribution < 1.29 is 4.79 Å². The van der Waals surface area contributed by atoms with Gasteiger partial charge in [0.05, 0.1) is 6.04 Å². The van der Waals surface area contributed by atoms with Crippen LogP contribution in [0.1, 0.15) is 31.7 Å². The highest BCUT2D eigenvalue weighted by molar-refractivity contribution is 5.81. The summed E-state index contributed by atoms with van der Waals surface area (Å²) in [6.07, 6.45) is 3.79. The molecule has 1 aliphatic rings. The number of hydrogen-bond acceptors (Lipinski definition) is 3. The molecule has 1 aromatic rings. The zero-order valence-corrected chi connectivity index (χ0v) is 12.3. The number of fused-ring (bicyclic) bond motifs is 1. The van der Waals surface area contributed by atoms with Gasteiger partial charge in [-0.05, 0) is 30.9 Å². The van der Waals surface area contributed by atoms with Gasteiger partial charge in [0.1, 0.15) is 0 Å². The number of amides is 1. The predicted molar refractivity (Wildman–Crippen MR) is 82.9 cm³/mol. The largest absolute Gasteiger partial charge is 0.371 e. The Morgan fingerprint density at radius 1 is 1.45 bits per heavy atom. The minimum atomic E-state index is -0.354. The zero-order valence-electron chi connectivity index (χ0n) is 12.3. The number of nitrogens with zero attached hydrogens (tertiary/aromatic N) is 1. The van der Waals surface area contributed by atoms with E-state index in [-0.39, 0.29) is 11.9 Å². The van der Waals surface area contributed by atoms with Gasteiger partial charge in [0.25, 0.3) is 0 Å². The summed E-state index contributed by atoms with van der Waals surface area (Å²) >= 11 is 0. The number of para-hydroxylation sites is 1. The number of anilines is 1. The first kappa shape index (κ1) is 14.9. The molecule has 4 heteroatoms. The Kier molecular flexibility index (Phi) is 5.41. The van der Waals surface area contributed by atoms with Crippen molar-refractivity contribution in [3.8, 4) is 0 Å². The molecule has 1 aliphatic heterocycles. The fraction of sp³-hybridized carbons (Fsp3) is 0.562. The van der Waals surface area contributed by atoms with Crippen LogP contribution in [0.5, 0.6) is 0 Å². The second kappa shape index (κ2) is 7.29. The summed E-state index contributed by atoms with van der Waals surface area (Å²) in [6.45, 7) is 4.82. The molecule has 0 radical (unpaired) electrons. The summed E-state index contributed by atoms with van der Waals surface area (Å²) < 4.78 is 0. The highest BCUT2D eigenvalue weighted by Gasteiger charge is 2.17. The maximum atomic E-state index is 11.7. The maximum absolute atomic E-state index is 11.7. The number of benzene rings is 1. The second-order valence-corrected chi connectivity index (χ2v) is 5.41. The van der Waals surface area contributed by atoms with Crippen LogP contribution in [-0.2, 0) is 11.2 Å². The molecule has 4 nitrogen and oxygen atoms in total.